The fraction of sp³-hybridized carbons (Fsp3) is 0.263. The number of hydrogen-bond acceptors (Lipinski definition) is 3. The van der Waals surface area contributed by atoms with Gasteiger partial charge in [-0.2, -0.15) is 0 Å². The predicted molar refractivity (Wildman–Crippen MR) is 90.6 cm³/mol. The maximum absolute atomic E-state index is 12.0. The molecule has 0 aliphatic rings. The van der Waals surface area contributed by atoms with Crippen molar-refractivity contribution in [2.75, 3.05) is 11.9 Å². The molecule has 0 spiro atoms. The third-order valence-corrected chi connectivity index (χ3v) is 3.40. The van der Waals surface area contributed by atoms with Crippen LogP contribution in [-0.4, -0.2) is 18.5 Å². The Morgan fingerprint density at radius 3 is 2.26 bits per heavy atom. The molecule has 2 rings (SSSR count). The van der Waals surface area contributed by atoms with Gasteiger partial charge < -0.3 is 10.1 Å². The number of nitrogens with one attached hydrogen (secondary N) is 1. The minimum Gasteiger partial charge on any atom is -0.462 e. The number of unbranched alkanes of at least 4 members (excludes halogenated alkanes) is 2. The van der Waals surface area contributed by atoms with Crippen molar-refractivity contribution in [2.45, 2.75) is 26.2 Å². The van der Waals surface area contributed by atoms with Crippen molar-refractivity contribution in [1.82, 2.24) is 0 Å². The number of benzene rings is 2. The van der Waals surface area contributed by atoms with E-state index in [9.17, 15) is 9.59 Å². The molecule has 0 atom stereocenters. The molecule has 0 saturated carbocycles. The van der Waals surface area contributed by atoms with Gasteiger partial charge in [0.25, 0.3) is 5.91 Å². The smallest absolute Gasteiger partial charge is 0.338 e. The molecule has 0 heterocycles. The monoisotopic (exact) mass is 311 g/mol. The number of amides is 1. The zero-order valence-electron chi connectivity index (χ0n) is 13.2. The molecule has 4 nitrogen and oxygen atoms in total. The fourth-order valence-electron chi connectivity index (χ4n) is 2.08. The molecular formula is C19H21NO3. The van der Waals surface area contributed by atoms with E-state index in [1.54, 1.807) is 36.4 Å². The molecule has 0 aliphatic carbocycles. The average molecular weight is 311 g/mol. The van der Waals surface area contributed by atoms with Crippen LogP contribution in [0.4, 0.5) is 5.69 Å². The number of carbonyl (C=O) groups is 2. The van der Waals surface area contributed by atoms with Gasteiger partial charge in [0.2, 0.25) is 0 Å². The molecular weight excluding hydrogens is 290 g/mol. The van der Waals surface area contributed by atoms with Crippen LogP contribution in [0.15, 0.2) is 54.6 Å². The Bertz CT molecular complexity index is 635. The molecule has 0 fully saturated rings. The molecule has 23 heavy (non-hydrogen) atoms. The van der Waals surface area contributed by atoms with E-state index in [1.807, 2.05) is 18.2 Å². The maximum atomic E-state index is 12.0. The first-order chi connectivity index (χ1) is 11.2. The minimum atomic E-state index is -0.331. The fourth-order valence-corrected chi connectivity index (χ4v) is 2.08. The highest BCUT2D eigenvalue weighted by molar-refractivity contribution is 6.04. The number of rotatable bonds is 7. The summed E-state index contributed by atoms with van der Waals surface area (Å²) in [6.07, 6.45) is 3.03. The number of hydrogen-bond donors (Lipinski definition) is 1. The molecule has 4 heteroatoms. The van der Waals surface area contributed by atoms with Crippen molar-refractivity contribution < 1.29 is 14.3 Å². The predicted octanol–water partition coefficient (Wildman–Crippen LogP) is 4.29. The van der Waals surface area contributed by atoms with E-state index in [-0.39, 0.29) is 11.9 Å². The van der Waals surface area contributed by atoms with Crippen LogP contribution in [0.5, 0.6) is 0 Å². The lowest BCUT2D eigenvalue weighted by atomic mass is 10.2. The first-order valence-corrected chi connectivity index (χ1v) is 7.84. The SMILES string of the molecule is CCCCCOC(=O)c1ccc(NC(=O)c2ccccc2)cc1. The van der Waals surface area contributed by atoms with Gasteiger partial charge >= 0.3 is 5.97 Å². The summed E-state index contributed by atoms with van der Waals surface area (Å²) < 4.78 is 5.19. The van der Waals surface area contributed by atoms with Crippen LogP contribution >= 0.6 is 0 Å². The highest BCUT2D eigenvalue weighted by atomic mass is 16.5. The first-order valence-electron chi connectivity index (χ1n) is 7.84. The Morgan fingerprint density at radius 2 is 1.61 bits per heavy atom. The summed E-state index contributed by atoms with van der Waals surface area (Å²) in [5.41, 5.74) is 1.72. The van der Waals surface area contributed by atoms with E-state index in [4.69, 9.17) is 4.74 Å². The number of ether oxygens (including phenoxy) is 1. The van der Waals surface area contributed by atoms with Crippen LogP contribution in [0.2, 0.25) is 0 Å². The van der Waals surface area contributed by atoms with Crippen molar-refractivity contribution in [1.29, 1.82) is 0 Å². The molecule has 0 saturated heterocycles. The summed E-state index contributed by atoms with van der Waals surface area (Å²) >= 11 is 0. The van der Waals surface area contributed by atoms with Crippen molar-refractivity contribution in [2.24, 2.45) is 0 Å². The first kappa shape index (κ1) is 16.7. The number of anilines is 1. The number of esters is 1. The minimum absolute atomic E-state index is 0.180. The quantitative estimate of drug-likeness (QED) is 0.613. The van der Waals surface area contributed by atoms with Gasteiger partial charge in [-0.3, -0.25) is 4.79 Å². The van der Waals surface area contributed by atoms with Gasteiger partial charge in [-0.25, -0.2) is 4.79 Å². The Kier molecular flexibility index (Phi) is 6.36. The van der Waals surface area contributed by atoms with E-state index >= 15 is 0 Å². The second-order valence-electron chi connectivity index (χ2n) is 5.24. The van der Waals surface area contributed by atoms with E-state index in [2.05, 4.69) is 12.2 Å². The molecule has 1 N–H and O–H groups in total. The van der Waals surface area contributed by atoms with E-state index in [0.717, 1.165) is 19.3 Å². The maximum Gasteiger partial charge on any atom is 0.338 e. The highest BCUT2D eigenvalue weighted by Crippen LogP contribution is 2.12. The second kappa shape index (κ2) is 8.73. The van der Waals surface area contributed by atoms with Crippen LogP contribution in [0.3, 0.4) is 0 Å². The molecule has 0 radical (unpaired) electrons. The van der Waals surface area contributed by atoms with Crippen molar-refractivity contribution >= 4 is 17.6 Å². The zero-order chi connectivity index (χ0) is 16.5. The Morgan fingerprint density at radius 1 is 0.913 bits per heavy atom. The number of carbonyl (C=O) groups excluding carboxylic acids is 2. The van der Waals surface area contributed by atoms with Gasteiger partial charge in [0.1, 0.15) is 0 Å². The zero-order valence-corrected chi connectivity index (χ0v) is 13.2. The Hall–Kier alpha value is -2.62. The van der Waals surface area contributed by atoms with Gasteiger partial charge in [0.15, 0.2) is 0 Å². The molecule has 2 aromatic carbocycles. The standard InChI is InChI=1S/C19H21NO3/c1-2-3-7-14-23-19(22)16-10-12-17(13-11-16)20-18(21)15-8-5-4-6-9-15/h4-6,8-13H,2-3,7,14H2,1H3,(H,20,21). The lowest BCUT2D eigenvalue weighted by molar-refractivity contribution is 0.0498. The summed E-state index contributed by atoms with van der Waals surface area (Å²) in [4.78, 5) is 23.9. The molecule has 0 aromatic heterocycles. The average Bonchev–Trinajstić information content (AvgIpc) is 2.60. The lowest BCUT2D eigenvalue weighted by Crippen LogP contribution is -2.12. The van der Waals surface area contributed by atoms with Crippen molar-refractivity contribution in [3.63, 3.8) is 0 Å². The van der Waals surface area contributed by atoms with Gasteiger partial charge in [0, 0.05) is 11.3 Å². The molecule has 120 valence electrons. The molecule has 0 unspecified atom stereocenters. The summed E-state index contributed by atoms with van der Waals surface area (Å²) in [7, 11) is 0. The topological polar surface area (TPSA) is 55.4 Å². The summed E-state index contributed by atoms with van der Waals surface area (Å²) in [5, 5.41) is 2.79. The van der Waals surface area contributed by atoms with Crippen LogP contribution < -0.4 is 5.32 Å². The van der Waals surface area contributed by atoms with E-state index in [0.29, 0.717) is 23.4 Å². The van der Waals surface area contributed by atoms with E-state index in [1.165, 1.54) is 0 Å². The molecule has 0 bridgehead atoms. The van der Waals surface area contributed by atoms with Crippen LogP contribution in [0.1, 0.15) is 46.9 Å². The largest absolute Gasteiger partial charge is 0.462 e. The van der Waals surface area contributed by atoms with Gasteiger partial charge in [-0.05, 0) is 42.8 Å². The van der Waals surface area contributed by atoms with E-state index < -0.39 is 0 Å². The second-order valence-corrected chi connectivity index (χ2v) is 5.24. The third kappa shape index (κ3) is 5.25. The van der Waals surface area contributed by atoms with Gasteiger partial charge in [0.05, 0.1) is 12.2 Å². The molecule has 0 aliphatic heterocycles. The third-order valence-electron chi connectivity index (χ3n) is 3.40. The molecule has 2 aromatic rings. The normalized spacial score (nSPS) is 10.1. The van der Waals surface area contributed by atoms with Crippen LogP contribution in [0, 0.1) is 0 Å². The summed E-state index contributed by atoms with van der Waals surface area (Å²) in [6.45, 7) is 2.55. The van der Waals surface area contributed by atoms with Crippen molar-refractivity contribution in [3.8, 4) is 0 Å². The Balaban J connectivity index is 1.89. The Labute approximate surface area is 136 Å². The van der Waals surface area contributed by atoms with Crippen LogP contribution in [-0.2, 0) is 4.74 Å². The van der Waals surface area contributed by atoms with Gasteiger partial charge in [-0.15, -0.1) is 0 Å². The van der Waals surface area contributed by atoms with Gasteiger partial charge in [-0.1, -0.05) is 38.0 Å². The highest BCUT2D eigenvalue weighted by Gasteiger charge is 2.08. The summed E-state index contributed by atoms with van der Waals surface area (Å²) in [5.74, 6) is -0.512. The molecule has 1 amide bonds. The lowest BCUT2D eigenvalue weighted by Gasteiger charge is -2.07. The van der Waals surface area contributed by atoms with Crippen LogP contribution in [0.25, 0.3) is 0 Å². The van der Waals surface area contributed by atoms with Crippen molar-refractivity contribution in [3.05, 3.63) is 65.7 Å². The summed E-state index contributed by atoms with van der Waals surface area (Å²) in [6, 6.07) is 15.7.